The van der Waals surface area contributed by atoms with Crippen molar-refractivity contribution in [3.05, 3.63) is 0 Å². The number of morpholine rings is 1. The fourth-order valence-electron chi connectivity index (χ4n) is 1.87. The molecule has 0 bridgehead atoms. The molecule has 1 fully saturated rings. The van der Waals surface area contributed by atoms with Gasteiger partial charge in [-0.1, -0.05) is 6.92 Å². The number of likely N-dealkylation sites (N-methyl/N-ethyl adjacent to an activating group) is 1. The summed E-state index contributed by atoms with van der Waals surface area (Å²) in [6.45, 7) is 8.36. The zero-order chi connectivity index (χ0) is 12.7. The third-order valence-corrected chi connectivity index (χ3v) is 3.02. The molecule has 0 aliphatic carbocycles. The van der Waals surface area contributed by atoms with E-state index in [-0.39, 0.29) is 18.1 Å². The van der Waals surface area contributed by atoms with Crippen LogP contribution in [-0.4, -0.2) is 55.7 Å². The molecule has 100 valence electrons. The second-order valence-electron chi connectivity index (χ2n) is 4.71. The van der Waals surface area contributed by atoms with E-state index in [9.17, 15) is 4.79 Å². The van der Waals surface area contributed by atoms with E-state index in [2.05, 4.69) is 17.1 Å². The van der Waals surface area contributed by atoms with Gasteiger partial charge in [-0.25, -0.2) is 0 Å². The quantitative estimate of drug-likeness (QED) is 0.686. The van der Waals surface area contributed by atoms with E-state index in [1.165, 1.54) is 0 Å². The molecule has 1 rings (SSSR count). The van der Waals surface area contributed by atoms with Crippen LogP contribution in [0.25, 0.3) is 0 Å². The van der Waals surface area contributed by atoms with Crippen molar-refractivity contribution in [1.82, 2.24) is 10.2 Å². The van der Waals surface area contributed by atoms with Crippen molar-refractivity contribution < 1.29 is 9.53 Å². The Balaban J connectivity index is 2.14. The lowest BCUT2D eigenvalue weighted by Gasteiger charge is -2.32. The van der Waals surface area contributed by atoms with Gasteiger partial charge in [-0.2, -0.15) is 0 Å². The van der Waals surface area contributed by atoms with Gasteiger partial charge in [0.2, 0.25) is 5.91 Å². The first-order valence-corrected chi connectivity index (χ1v) is 6.48. The minimum Gasteiger partial charge on any atom is -0.374 e. The first kappa shape index (κ1) is 14.4. The lowest BCUT2D eigenvalue weighted by Crippen LogP contribution is -2.47. The monoisotopic (exact) mass is 243 g/mol. The van der Waals surface area contributed by atoms with Crippen LogP contribution in [0, 0.1) is 0 Å². The van der Waals surface area contributed by atoms with Gasteiger partial charge in [0.1, 0.15) is 0 Å². The molecule has 0 saturated carbocycles. The van der Waals surface area contributed by atoms with Crippen LogP contribution in [0.2, 0.25) is 0 Å². The maximum atomic E-state index is 11.5. The number of carbonyl (C=O) groups is 1. The lowest BCUT2D eigenvalue weighted by molar-refractivity contribution is -0.122. The average molecular weight is 243 g/mol. The molecule has 3 N–H and O–H groups in total. The molecule has 0 radical (unpaired) electrons. The Bertz CT molecular complexity index is 234. The average Bonchev–Trinajstić information content (AvgIpc) is 2.34. The number of amides is 1. The van der Waals surface area contributed by atoms with Crippen molar-refractivity contribution in [3.63, 3.8) is 0 Å². The topological polar surface area (TPSA) is 67.6 Å². The van der Waals surface area contributed by atoms with Crippen molar-refractivity contribution in [2.45, 2.75) is 38.8 Å². The predicted molar refractivity (Wildman–Crippen MR) is 67.7 cm³/mol. The smallest absolute Gasteiger partial charge is 0.220 e. The van der Waals surface area contributed by atoms with Crippen LogP contribution in [0.1, 0.15) is 26.7 Å². The van der Waals surface area contributed by atoms with E-state index < -0.39 is 0 Å². The van der Waals surface area contributed by atoms with Crippen molar-refractivity contribution in [3.8, 4) is 0 Å². The third-order valence-electron chi connectivity index (χ3n) is 3.02. The minimum absolute atomic E-state index is 0.0690. The number of hydrogen-bond acceptors (Lipinski definition) is 4. The molecule has 0 aromatic carbocycles. The molecule has 0 spiro atoms. The van der Waals surface area contributed by atoms with E-state index in [1.54, 1.807) is 0 Å². The van der Waals surface area contributed by atoms with Crippen LogP contribution >= 0.6 is 0 Å². The molecule has 1 heterocycles. The summed E-state index contributed by atoms with van der Waals surface area (Å²) in [7, 11) is 0. The highest BCUT2D eigenvalue weighted by atomic mass is 16.5. The third kappa shape index (κ3) is 6.00. The molecule has 5 heteroatoms. The highest BCUT2D eigenvalue weighted by Crippen LogP contribution is 2.03. The van der Waals surface area contributed by atoms with Gasteiger partial charge in [0.05, 0.1) is 12.7 Å². The Kier molecular flexibility index (Phi) is 6.47. The van der Waals surface area contributed by atoms with E-state index in [0.29, 0.717) is 13.0 Å². The lowest BCUT2D eigenvalue weighted by atomic mass is 10.2. The predicted octanol–water partition coefficient (Wildman–Crippen LogP) is -0.0493. The summed E-state index contributed by atoms with van der Waals surface area (Å²) in [4.78, 5) is 13.8. The molecule has 5 nitrogen and oxygen atoms in total. The molecular formula is C12H25N3O2. The summed E-state index contributed by atoms with van der Waals surface area (Å²) < 4.78 is 5.60. The molecule has 1 amide bonds. The molecule has 1 aliphatic heterocycles. The zero-order valence-electron chi connectivity index (χ0n) is 10.9. The molecule has 0 aromatic rings. The number of hydrogen-bond donors (Lipinski definition) is 2. The number of rotatable bonds is 6. The van der Waals surface area contributed by atoms with Crippen LogP contribution < -0.4 is 11.1 Å². The fourth-order valence-corrected chi connectivity index (χ4v) is 1.87. The van der Waals surface area contributed by atoms with Crippen molar-refractivity contribution in [1.29, 1.82) is 0 Å². The minimum atomic E-state index is 0.0690. The van der Waals surface area contributed by atoms with Crippen LogP contribution in [0.4, 0.5) is 0 Å². The maximum absolute atomic E-state index is 11.5. The first-order valence-electron chi connectivity index (χ1n) is 6.48. The van der Waals surface area contributed by atoms with Gasteiger partial charge in [-0.3, -0.25) is 9.69 Å². The largest absolute Gasteiger partial charge is 0.374 e. The standard InChI is InChI=1S/C12H25N3O2/c1-3-15-6-7-17-11(9-15)8-14-12(16)5-4-10(2)13/h10-11H,3-9,13H2,1-2H3,(H,14,16). The van der Waals surface area contributed by atoms with E-state index in [0.717, 1.165) is 32.7 Å². The Morgan fingerprint density at radius 2 is 2.41 bits per heavy atom. The van der Waals surface area contributed by atoms with Gasteiger partial charge in [0.25, 0.3) is 0 Å². The van der Waals surface area contributed by atoms with Crippen molar-refractivity contribution in [2.75, 3.05) is 32.8 Å². The second kappa shape index (κ2) is 7.63. The number of nitrogens with zero attached hydrogens (tertiary/aromatic N) is 1. The Morgan fingerprint density at radius 1 is 1.65 bits per heavy atom. The van der Waals surface area contributed by atoms with Crippen LogP contribution in [0.5, 0.6) is 0 Å². The number of nitrogens with one attached hydrogen (secondary N) is 1. The van der Waals surface area contributed by atoms with Crippen molar-refractivity contribution in [2.24, 2.45) is 5.73 Å². The molecular weight excluding hydrogens is 218 g/mol. The van der Waals surface area contributed by atoms with Crippen LogP contribution in [0.15, 0.2) is 0 Å². The zero-order valence-corrected chi connectivity index (χ0v) is 10.9. The first-order chi connectivity index (χ1) is 8.11. The van der Waals surface area contributed by atoms with Crippen molar-refractivity contribution >= 4 is 5.91 Å². The second-order valence-corrected chi connectivity index (χ2v) is 4.71. The highest BCUT2D eigenvalue weighted by molar-refractivity contribution is 5.75. The maximum Gasteiger partial charge on any atom is 0.220 e. The van der Waals surface area contributed by atoms with Gasteiger partial charge in [-0.15, -0.1) is 0 Å². The van der Waals surface area contributed by atoms with Gasteiger partial charge in [0, 0.05) is 32.1 Å². The molecule has 2 unspecified atom stereocenters. The number of nitrogens with two attached hydrogens (primary N) is 1. The summed E-state index contributed by atoms with van der Waals surface area (Å²) in [5.41, 5.74) is 5.60. The van der Waals surface area contributed by atoms with Gasteiger partial charge >= 0.3 is 0 Å². The number of ether oxygens (including phenoxy) is 1. The molecule has 1 saturated heterocycles. The molecule has 17 heavy (non-hydrogen) atoms. The summed E-state index contributed by atoms with van der Waals surface area (Å²) in [5, 5.41) is 2.91. The fraction of sp³-hybridized carbons (Fsp3) is 0.917. The summed E-state index contributed by atoms with van der Waals surface area (Å²) in [6.07, 6.45) is 1.36. The molecule has 2 atom stereocenters. The SMILES string of the molecule is CCN1CCOC(CNC(=O)CCC(C)N)C1. The Morgan fingerprint density at radius 3 is 3.06 bits per heavy atom. The van der Waals surface area contributed by atoms with E-state index >= 15 is 0 Å². The van der Waals surface area contributed by atoms with E-state index in [4.69, 9.17) is 10.5 Å². The molecule has 1 aliphatic rings. The Hall–Kier alpha value is -0.650. The summed E-state index contributed by atoms with van der Waals surface area (Å²) >= 11 is 0. The van der Waals surface area contributed by atoms with Gasteiger partial charge < -0.3 is 15.8 Å². The normalized spacial score (nSPS) is 23.4. The Labute approximate surface area is 104 Å². The van der Waals surface area contributed by atoms with Gasteiger partial charge in [-0.05, 0) is 19.9 Å². The molecule has 0 aromatic heterocycles. The van der Waals surface area contributed by atoms with E-state index in [1.807, 2.05) is 6.92 Å². The number of carbonyl (C=O) groups excluding carboxylic acids is 1. The summed E-state index contributed by atoms with van der Waals surface area (Å²) in [5.74, 6) is 0.0690. The van der Waals surface area contributed by atoms with Crippen LogP contribution in [0.3, 0.4) is 0 Å². The van der Waals surface area contributed by atoms with Crippen LogP contribution in [-0.2, 0) is 9.53 Å². The van der Waals surface area contributed by atoms with Gasteiger partial charge in [0.15, 0.2) is 0 Å². The summed E-state index contributed by atoms with van der Waals surface area (Å²) in [6, 6.07) is 0.0854. The highest BCUT2D eigenvalue weighted by Gasteiger charge is 2.19.